The van der Waals surface area contributed by atoms with Crippen LogP contribution in [-0.2, 0) is 11.2 Å². The predicted octanol–water partition coefficient (Wildman–Crippen LogP) is 3.38. The van der Waals surface area contributed by atoms with Crippen molar-refractivity contribution in [1.29, 1.82) is 5.26 Å². The van der Waals surface area contributed by atoms with Crippen molar-refractivity contribution >= 4 is 21.8 Å². The van der Waals surface area contributed by atoms with Crippen molar-refractivity contribution in [2.24, 2.45) is 0 Å². The van der Waals surface area contributed by atoms with Crippen LogP contribution in [0.3, 0.4) is 0 Å². The van der Waals surface area contributed by atoms with E-state index in [0.29, 0.717) is 43.9 Å². The maximum absolute atomic E-state index is 12.4. The quantitative estimate of drug-likeness (QED) is 0.814. The number of nitrogens with zero attached hydrogens (tertiary/aromatic N) is 2. The summed E-state index contributed by atoms with van der Waals surface area (Å²) in [6.45, 7) is 2.49. The molecule has 0 unspecified atom stereocenters. The summed E-state index contributed by atoms with van der Waals surface area (Å²) in [4.78, 5) is 14.2. The van der Waals surface area contributed by atoms with Crippen LogP contribution >= 0.6 is 15.9 Å². The zero-order valence-electron chi connectivity index (χ0n) is 13.2. The standard InChI is InChI=1S/C19H17BrN2O2/c20-18-6-5-16(17(12-18)13-21)11-14-1-3-15(4-2-14)19(23)22-7-9-24-10-8-22/h1-6,12H,7-11H2. The largest absolute Gasteiger partial charge is 0.378 e. The van der Waals surface area contributed by atoms with E-state index < -0.39 is 0 Å². The maximum Gasteiger partial charge on any atom is 0.254 e. The molecule has 0 aliphatic carbocycles. The van der Waals surface area contributed by atoms with Gasteiger partial charge in [-0.15, -0.1) is 0 Å². The molecule has 0 atom stereocenters. The van der Waals surface area contributed by atoms with Crippen LogP contribution in [0.5, 0.6) is 0 Å². The number of ether oxygens (including phenoxy) is 1. The Hall–Kier alpha value is -2.16. The van der Waals surface area contributed by atoms with Crippen LogP contribution in [0.1, 0.15) is 27.0 Å². The second-order valence-electron chi connectivity index (χ2n) is 5.69. The van der Waals surface area contributed by atoms with Gasteiger partial charge in [0.2, 0.25) is 0 Å². The fraction of sp³-hybridized carbons (Fsp3) is 0.263. The van der Waals surface area contributed by atoms with Gasteiger partial charge in [-0.05, 0) is 41.8 Å². The predicted molar refractivity (Wildman–Crippen MR) is 94.8 cm³/mol. The Morgan fingerprint density at radius 3 is 2.54 bits per heavy atom. The van der Waals surface area contributed by atoms with Crippen molar-refractivity contribution in [2.45, 2.75) is 6.42 Å². The van der Waals surface area contributed by atoms with Gasteiger partial charge < -0.3 is 9.64 Å². The van der Waals surface area contributed by atoms with Crippen molar-refractivity contribution in [3.05, 3.63) is 69.2 Å². The summed E-state index contributed by atoms with van der Waals surface area (Å²) in [6.07, 6.45) is 0.669. The summed E-state index contributed by atoms with van der Waals surface area (Å²) in [6, 6.07) is 15.6. The highest BCUT2D eigenvalue weighted by atomic mass is 79.9. The molecule has 24 heavy (non-hydrogen) atoms. The Morgan fingerprint density at radius 2 is 1.88 bits per heavy atom. The lowest BCUT2D eigenvalue weighted by Gasteiger charge is -2.26. The normalized spacial score (nSPS) is 14.2. The summed E-state index contributed by atoms with van der Waals surface area (Å²) < 4.78 is 6.18. The molecule has 0 radical (unpaired) electrons. The summed E-state index contributed by atoms with van der Waals surface area (Å²) in [5, 5.41) is 9.25. The molecule has 2 aromatic carbocycles. The minimum atomic E-state index is 0.0474. The first kappa shape index (κ1) is 16.7. The zero-order valence-corrected chi connectivity index (χ0v) is 14.8. The van der Waals surface area contributed by atoms with E-state index in [1.807, 2.05) is 47.4 Å². The van der Waals surface area contributed by atoms with Gasteiger partial charge in [0.05, 0.1) is 24.8 Å². The number of carbonyl (C=O) groups excluding carboxylic acids is 1. The van der Waals surface area contributed by atoms with E-state index in [9.17, 15) is 10.1 Å². The summed E-state index contributed by atoms with van der Waals surface area (Å²) in [5.41, 5.74) is 3.41. The summed E-state index contributed by atoms with van der Waals surface area (Å²) in [7, 11) is 0. The number of morpholine rings is 1. The molecule has 122 valence electrons. The topological polar surface area (TPSA) is 53.3 Å². The van der Waals surface area contributed by atoms with Gasteiger partial charge in [-0.25, -0.2) is 0 Å². The number of benzene rings is 2. The number of nitriles is 1. The molecule has 0 saturated carbocycles. The lowest BCUT2D eigenvalue weighted by Crippen LogP contribution is -2.40. The molecule has 4 nitrogen and oxygen atoms in total. The zero-order chi connectivity index (χ0) is 16.9. The van der Waals surface area contributed by atoms with Gasteiger partial charge in [0.25, 0.3) is 5.91 Å². The third-order valence-electron chi connectivity index (χ3n) is 4.09. The minimum absolute atomic E-state index is 0.0474. The van der Waals surface area contributed by atoms with Crippen molar-refractivity contribution in [3.8, 4) is 6.07 Å². The van der Waals surface area contributed by atoms with Crippen molar-refractivity contribution in [1.82, 2.24) is 4.90 Å². The third-order valence-corrected chi connectivity index (χ3v) is 4.58. The number of halogens is 1. The molecule has 0 N–H and O–H groups in total. The van der Waals surface area contributed by atoms with Crippen LogP contribution in [0, 0.1) is 11.3 Å². The third kappa shape index (κ3) is 3.84. The van der Waals surface area contributed by atoms with Crippen molar-refractivity contribution in [2.75, 3.05) is 26.3 Å². The Morgan fingerprint density at radius 1 is 1.17 bits per heavy atom. The van der Waals surface area contributed by atoms with E-state index in [1.54, 1.807) is 0 Å². The molecule has 1 amide bonds. The SMILES string of the molecule is N#Cc1cc(Br)ccc1Cc1ccc(C(=O)N2CCOCC2)cc1. The molecule has 1 fully saturated rings. The number of carbonyl (C=O) groups is 1. The second kappa shape index (κ2) is 7.61. The van der Waals surface area contributed by atoms with Gasteiger partial charge in [-0.3, -0.25) is 4.79 Å². The molecule has 2 aromatic rings. The molecule has 0 spiro atoms. The van der Waals surface area contributed by atoms with Gasteiger partial charge in [0, 0.05) is 23.1 Å². The Kier molecular flexibility index (Phi) is 5.29. The first-order chi connectivity index (χ1) is 11.7. The van der Waals surface area contributed by atoms with Crippen molar-refractivity contribution < 1.29 is 9.53 Å². The number of rotatable bonds is 3. The number of hydrogen-bond donors (Lipinski definition) is 0. The molecule has 5 heteroatoms. The van der Waals surface area contributed by atoms with E-state index in [0.717, 1.165) is 15.6 Å². The van der Waals surface area contributed by atoms with Gasteiger partial charge >= 0.3 is 0 Å². The minimum Gasteiger partial charge on any atom is -0.378 e. The van der Waals surface area contributed by atoms with Crippen LogP contribution in [0.15, 0.2) is 46.9 Å². The lowest BCUT2D eigenvalue weighted by atomic mass is 9.99. The molecule has 0 aromatic heterocycles. The first-order valence-electron chi connectivity index (χ1n) is 7.82. The average Bonchev–Trinajstić information content (AvgIpc) is 2.64. The Labute approximate surface area is 149 Å². The molecular weight excluding hydrogens is 368 g/mol. The highest BCUT2D eigenvalue weighted by Gasteiger charge is 2.18. The van der Waals surface area contributed by atoms with Crippen LogP contribution < -0.4 is 0 Å². The van der Waals surface area contributed by atoms with E-state index in [4.69, 9.17) is 4.74 Å². The highest BCUT2D eigenvalue weighted by Crippen LogP contribution is 2.19. The maximum atomic E-state index is 12.4. The monoisotopic (exact) mass is 384 g/mol. The van der Waals surface area contributed by atoms with Gasteiger partial charge in [0.15, 0.2) is 0 Å². The van der Waals surface area contributed by atoms with Crippen molar-refractivity contribution in [3.63, 3.8) is 0 Å². The molecule has 0 bridgehead atoms. The van der Waals surface area contributed by atoms with Crippen LogP contribution in [0.4, 0.5) is 0 Å². The Balaban J connectivity index is 1.73. The summed E-state index contributed by atoms with van der Waals surface area (Å²) >= 11 is 3.38. The van der Waals surface area contributed by atoms with Gasteiger partial charge in [-0.1, -0.05) is 34.1 Å². The molecule has 1 aliphatic heterocycles. The first-order valence-corrected chi connectivity index (χ1v) is 8.61. The van der Waals surface area contributed by atoms with E-state index in [2.05, 4.69) is 22.0 Å². The second-order valence-corrected chi connectivity index (χ2v) is 6.61. The molecule has 3 rings (SSSR count). The molecule has 1 aliphatic rings. The van der Waals surface area contributed by atoms with E-state index in [-0.39, 0.29) is 5.91 Å². The fourth-order valence-electron chi connectivity index (χ4n) is 2.74. The van der Waals surface area contributed by atoms with Gasteiger partial charge in [0.1, 0.15) is 0 Å². The average molecular weight is 385 g/mol. The van der Waals surface area contributed by atoms with Crippen LogP contribution in [0.2, 0.25) is 0 Å². The summed E-state index contributed by atoms with van der Waals surface area (Å²) in [5.74, 6) is 0.0474. The fourth-order valence-corrected chi connectivity index (χ4v) is 3.10. The smallest absolute Gasteiger partial charge is 0.254 e. The van der Waals surface area contributed by atoms with E-state index >= 15 is 0 Å². The lowest BCUT2D eigenvalue weighted by molar-refractivity contribution is 0.0303. The number of amides is 1. The van der Waals surface area contributed by atoms with Gasteiger partial charge in [-0.2, -0.15) is 5.26 Å². The number of hydrogen-bond acceptors (Lipinski definition) is 3. The van der Waals surface area contributed by atoms with E-state index in [1.165, 1.54) is 0 Å². The molecule has 1 heterocycles. The van der Waals surface area contributed by atoms with Crippen LogP contribution in [0.25, 0.3) is 0 Å². The molecular formula is C19H17BrN2O2. The highest BCUT2D eigenvalue weighted by molar-refractivity contribution is 9.10. The van der Waals surface area contributed by atoms with Crippen LogP contribution in [-0.4, -0.2) is 37.1 Å². The molecule has 1 saturated heterocycles. The Bertz CT molecular complexity index is 775.